The van der Waals surface area contributed by atoms with Crippen molar-refractivity contribution in [2.24, 2.45) is 0 Å². The topological polar surface area (TPSA) is 128 Å². The van der Waals surface area contributed by atoms with E-state index in [1.165, 1.54) is 0 Å². The van der Waals surface area contributed by atoms with E-state index < -0.39 is 40.2 Å². The third-order valence-electron chi connectivity index (χ3n) is 1.23. The highest BCUT2D eigenvalue weighted by molar-refractivity contribution is 4.82. The first-order chi connectivity index (χ1) is 5.60. The van der Waals surface area contributed by atoms with E-state index in [1.807, 2.05) is 5.48 Å². The number of rotatable bonds is 6. The molecule has 0 unspecified atom stereocenters. The summed E-state index contributed by atoms with van der Waals surface area (Å²) >= 11 is -3.46. The molecule has 7 nitrogen and oxygen atoms in total. The zero-order valence-electron chi connectivity index (χ0n) is 6.07. The Labute approximate surface area is 74.0 Å². The van der Waals surface area contributed by atoms with Crippen LogP contribution in [0.1, 0.15) is 0 Å². The lowest BCUT2D eigenvalue weighted by atomic mass is 10.1. The number of aliphatic hydroxyl groups excluding tert-OH is 3. The highest BCUT2D eigenvalue weighted by atomic mass is 80.0. The van der Waals surface area contributed by atoms with E-state index in [4.69, 9.17) is 15.3 Å². The third-order valence-corrected chi connectivity index (χ3v) is 1.65. The van der Waals surface area contributed by atoms with E-state index >= 15 is 0 Å². The second-order valence-corrected chi connectivity index (χ2v) is 3.24. The summed E-state index contributed by atoms with van der Waals surface area (Å²) in [6, 6.07) is 0. The summed E-state index contributed by atoms with van der Waals surface area (Å²) in [6.07, 6.45) is 0. The molecule has 8 heteroatoms. The molecule has 74 valence electrons. The van der Waals surface area contributed by atoms with Gasteiger partial charge in [-0.15, -0.1) is 0 Å². The maximum absolute atomic E-state index is 9.94. The third kappa shape index (κ3) is 3.74. The Morgan fingerprint density at radius 2 is 1.58 bits per heavy atom. The van der Waals surface area contributed by atoms with Crippen LogP contribution in [0, 0.1) is 14.8 Å². The number of hydrogen-bond acceptors (Lipinski definition) is 7. The molecular formula is C4H10BrNO6. The Morgan fingerprint density at radius 1 is 1.17 bits per heavy atom. The van der Waals surface area contributed by atoms with Crippen LogP contribution < -0.4 is 13.9 Å². The minimum atomic E-state index is -3.46. The van der Waals surface area contributed by atoms with Gasteiger partial charge in [0.05, 0.1) is 23.7 Å². The Bertz CT molecular complexity index is 110. The van der Waals surface area contributed by atoms with Gasteiger partial charge in [0.25, 0.3) is 0 Å². The Kier molecular flexibility index (Phi) is 5.88. The average Bonchev–Trinajstić information content (AvgIpc) is 2.08. The van der Waals surface area contributed by atoms with Gasteiger partial charge in [0.2, 0.25) is 0 Å². The Morgan fingerprint density at radius 3 is 1.83 bits per heavy atom. The lowest BCUT2D eigenvalue weighted by Gasteiger charge is -2.23. The molecule has 0 saturated heterocycles. The molecule has 0 aliphatic heterocycles. The normalized spacial score (nSPS) is 12.5. The van der Waals surface area contributed by atoms with E-state index in [2.05, 4.69) is 3.93 Å². The molecule has 0 aliphatic carbocycles. The Balaban J connectivity index is 3.93. The first kappa shape index (κ1) is 12.2. The highest BCUT2D eigenvalue weighted by Crippen LogP contribution is 2.01. The standard InChI is InChI=1S/C4H10BrNO6/c7-1-4(2-8,3-9)6-12-5(10)11/h6-9H,1-3H2. The van der Waals surface area contributed by atoms with Crippen molar-refractivity contribution in [2.75, 3.05) is 19.8 Å². The molecule has 0 radical (unpaired) electrons. The minimum absolute atomic E-state index is 0.643. The van der Waals surface area contributed by atoms with Crippen molar-refractivity contribution < 1.29 is 42.5 Å². The van der Waals surface area contributed by atoms with Gasteiger partial charge < -0.3 is 23.7 Å². The largest absolute Gasteiger partial charge is 0.464 e. The fourth-order valence-corrected chi connectivity index (χ4v) is 0.836. The molecule has 0 aliphatic rings. The summed E-state index contributed by atoms with van der Waals surface area (Å²) in [5, 5.41) is 25.9. The molecule has 0 bridgehead atoms. The highest BCUT2D eigenvalue weighted by Gasteiger charge is 2.32. The second-order valence-electron chi connectivity index (χ2n) is 2.12. The maximum atomic E-state index is 9.94. The van der Waals surface area contributed by atoms with Gasteiger partial charge >= 0.3 is 14.8 Å². The first-order valence-corrected chi connectivity index (χ1v) is 4.87. The molecule has 4 N–H and O–H groups in total. The van der Waals surface area contributed by atoms with Crippen LogP contribution in [0.4, 0.5) is 0 Å². The van der Waals surface area contributed by atoms with Crippen LogP contribution >= 0.6 is 0 Å². The molecule has 0 aromatic heterocycles. The summed E-state index contributed by atoms with van der Waals surface area (Å²) < 4.78 is 23.8. The van der Waals surface area contributed by atoms with Crippen LogP contribution in [0.2, 0.25) is 0 Å². The number of aliphatic hydroxyl groups is 3. The maximum Gasteiger partial charge on any atom is 0.464 e. The summed E-state index contributed by atoms with van der Waals surface area (Å²) in [5.41, 5.74) is 0.331. The van der Waals surface area contributed by atoms with Gasteiger partial charge in [0.15, 0.2) is 0 Å². The predicted octanol–water partition coefficient (Wildman–Crippen LogP) is -4.69. The zero-order chi connectivity index (χ0) is 9.61. The van der Waals surface area contributed by atoms with Gasteiger partial charge in [-0.1, -0.05) is 5.48 Å². The number of hydroxylamine groups is 1. The van der Waals surface area contributed by atoms with Crippen LogP contribution in [0.5, 0.6) is 0 Å². The smallest absolute Gasteiger partial charge is 0.394 e. The van der Waals surface area contributed by atoms with E-state index in [0.29, 0.717) is 0 Å². The van der Waals surface area contributed by atoms with Crippen LogP contribution in [0.25, 0.3) is 0 Å². The van der Waals surface area contributed by atoms with Crippen molar-refractivity contribution >= 4 is 0 Å². The summed E-state index contributed by atoms with van der Waals surface area (Å²) in [4.78, 5) is 0. The quantitative estimate of drug-likeness (QED) is 0.348. The summed E-state index contributed by atoms with van der Waals surface area (Å²) in [5.74, 6) is 0. The van der Waals surface area contributed by atoms with Gasteiger partial charge in [0, 0.05) is 0 Å². The Hall–Kier alpha value is 0.200. The molecule has 0 fully saturated rings. The number of nitrogens with one attached hydrogen (secondary N) is 1. The number of hydrogen-bond donors (Lipinski definition) is 4. The number of halogens is 1. The lowest BCUT2D eigenvalue weighted by Crippen LogP contribution is -2.57. The molecule has 0 aromatic rings. The zero-order valence-corrected chi connectivity index (χ0v) is 7.65. The molecule has 0 rings (SSSR count). The monoisotopic (exact) mass is 247 g/mol. The van der Waals surface area contributed by atoms with Crippen molar-refractivity contribution in [3.63, 3.8) is 0 Å². The van der Waals surface area contributed by atoms with E-state index in [1.54, 1.807) is 0 Å². The molecule has 0 atom stereocenters. The molecule has 0 saturated carbocycles. The van der Waals surface area contributed by atoms with Crippen molar-refractivity contribution in [1.29, 1.82) is 0 Å². The molecule has 0 heterocycles. The van der Waals surface area contributed by atoms with Crippen molar-refractivity contribution in [3.8, 4) is 0 Å². The SMILES string of the molecule is [O-][Br+2]([O-])ONC(CO)(CO)CO. The van der Waals surface area contributed by atoms with Crippen molar-refractivity contribution in [3.05, 3.63) is 0 Å². The fraction of sp³-hybridized carbons (Fsp3) is 1.00. The van der Waals surface area contributed by atoms with Crippen LogP contribution in [-0.4, -0.2) is 40.7 Å². The van der Waals surface area contributed by atoms with Gasteiger partial charge in [-0.05, 0) is 0 Å². The van der Waals surface area contributed by atoms with Gasteiger partial charge in [0.1, 0.15) is 5.54 Å². The summed E-state index contributed by atoms with van der Waals surface area (Å²) in [7, 11) is 0. The van der Waals surface area contributed by atoms with Crippen LogP contribution in [-0.2, 0) is 3.93 Å². The average molecular weight is 248 g/mol. The predicted molar refractivity (Wildman–Crippen MR) is 28.2 cm³/mol. The van der Waals surface area contributed by atoms with E-state index in [0.717, 1.165) is 0 Å². The minimum Gasteiger partial charge on any atom is -0.394 e. The van der Waals surface area contributed by atoms with Gasteiger partial charge in [-0.25, -0.2) is 0 Å². The van der Waals surface area contributed by atoms with Crippen LogP contribution in [0.3, 0.4) is 0 Å². The lowest BCUT2D eigenvalue weighted by molar-refractivity contribution is -1.63. The molecule has 12 heavy (non-hydrogen) atoms. The van der Waals surface area contributed by atoms with Crippen LogP contribution in [0.15, 0.2) is 0 Å². The molecular weight excluding hydrogens is 238 g/mol. The fourth-order valence-electron chi connectivity index (χ4n) is 0.360. The molecule has 0 amide bonds. The summed E-state index contributed by atoms with van der Waals surface area (Å²) in [6.45, 7) is -1.93. The van der Waals surface area contributed by atoms with Crippen molar-refractivity contribution in [2.45, 2.75) is 5.54 Å². The first-order valence-electron chi connectivity index (χ1n) is 2.93. The van der Waals surface area contributed by atoms with Gasteiger partial charge in [-0.2, -0.15) is 0 Å². The van der Waals surface area contributed by atoms with Gasteiger partial charge in [-0.3, -0.25) is 0 Å². The molecule has 0 spiro atoms. The van der Waals surface area contributed by atoms with Crippen molar-refractivity contribution in [1.82, 2.24) is 5.48 Å². The van der Waals surface area contributed by atoms with E-state index in [-0.39, 0.29) is 0 Å². The van der Waals surface area contributed by atoms with E-state index in [9.17, 15) is 8.40 Å². The second kappa shape index (κ2) is 5.78. The molecule has 0 aromatic carbocycles.